The number of ether oxygens (including phenoxy) is 1. The molecule has 0 radical (unpaired) electrons. The van der Waals surface area contributed by atoms with Crippen LogP contribution in [0.4, 0.5) is 0 Å². The summed E-state index contributed by atoms with van der Waals surface area (Å²) in [6.07, 6.45) is 1.91. The molecule has 0 bridgehead atoms. The summed E-state index contributed by atoms with van der Waals surface area (Å²) in [4.78, 5) is 3.88. The fourth-order valence-corrected chi connectivity index (χ4v) is 1.33. The Kier molecular flexibility index (Phi) is 5.67. The van der Waals surface area contributed by atoms with Crippen molar-refractivity contribution in [3.63, 3.8) is 0 Å². The van der Waals surface area contributed by atoms with Crippen molar-refractivity contribution in [1.29, 1.82) is 0 Å². The second-order valence-electron chi connectivity index (χ2n) is 3.22. The van der Waals surface area contributed by atoms with E-state index in [1.165, 1.54) is 5.56 Å². The summed E-state index contributed by atoms with van der Waals surface area (Å²) in [5, 5.41) is 2.36. The van der Waals surface area contributed by atoms with E-state index in [4.69, 9.17) is 4.74 Å². The van der Waals surface area contributed by atoms with E-state index >= 15 is 0 Å². The van der Waals surface area contributed by atoms with Crippen LogP contribution < -0.4 is 4.74 Å². The molecule has 0 fully saturated rings. The lowest BCUT2D eigenvalue weighted by Crippen LogP contribution is -1.96. The minimum atomic E-state index is 0.695. The minimum Gasteiger partial charge on any atom is -0.494 e. The summed E-state index contributed by atoms with van der Waals surface area (Å²) in [5.41, 5.74) is 1.22. The van der Waals surface area contributed by atoms with Gasteiger partial charge in [0, 0.05) is 0 Å². The van der Waals surface area contributed by atoms with Crippen LogP contribution in [0.15, 0.2) is 29.3 Å². The number of nitrogens with zero attached hydrogens (tertiary/aromatic N) is 1. The molecule has 0 atom stereocenters. The van der Waals surface area contributed by atoms with Crippen LogP contribution in [0.5, 0.6) is 5.75 Å². The highest BCUT2D eigenvalue weighted by Crippen LogP contribution is 2.13. The van der Waals surface area contributed by atoms with E-state index in [-0.39, 0.29) is 0 Å². The Bertz CT molecular complexity index is 345. The molecular formula is C12H15NOS. The maximum Gasteiger partial charge on any atom is 0.119 e. The third kappa shape index (κ3) is 4.73. The molecule has 0 spiro atoms. The topological polar surface area (TPSA) is 21.6 Å². The molecule has 1 aromatic carbocycles. The Morgan fingerprint density at radius 2 is 2.33 bits per heavy atom. The summed E-state index contributed by atoms with van der Waals surface area (Å²) in [6, 6.07) is 8.09. The molecule has 0 heterocycles. The van der Waals surface area contributed by atoms with Crippen molar-refractivity contribution in [3.8, 4) is 5.75 Å². The molecule has 0 aliphatic carbocycles. The molecule has 1 rings (SSSR count). The second kappa shape index (κ2) is 7.16. The third-order valence-electron chi connectivity index (χ3n) is 1.95. The van der Waals surface area contributed by atoms with Gasteiger partial charge >= 0.3 is 0 Å². The number of aliphatic imine (C=N–C) groups is 1. The molecule has 0 saturated carbocycles. The highest BCUT2D eigenvalue weighted by atomic mass is 32.1. The van der Waals surface area contributed by atoms with Crippen molar-refractivity contribution in [2.24, 2.45) is 4.99 Å². The Hall–Kier alpha value is -1.18. The van der Waals surface area contributed by atoms with Crippen molar-refractivity contribution >= 4 is 17.4 Å². The highest BCUT2D eigenvalue weighted by Gasteiger charge is 1.96. The van der Waals surface area contributed by atoms with Gasteiger partial charge in [0.25, 0.3) is 0 Å². The van der Waals surface area contributed by atoms with Gasteiger partial charge < -0.3 is 4.74 Å². The predicted octanol–water partition coefficient (Wildman–Crippen LogP) is 3.12. The van der Waals surface area contributed by atoms with Crippen LogP contribution in [0.2, 0.25) is 0 Å². The maximum absolute atomic E-state index is 5.54. The van der Waals surface area contributed by atoms with Gasteiger partial charge in [0.15, 0.2) is 0 Å². The summed E-state index contributed by atoms with van der Waals surface area (Å²) < 4.78 is 5.54. The number of benzene rings is 1. The molecule has 3 heteroatoms. The van der Waals surface area contributed by atoms with Crippen molar-refractivity contribution in [3.05, 3.63) is 29.8 Å². The number of hydrogen-bond acceptors (Lipinski definition) is 3. The number of rotatable bonds is 6. The minimum absolute atomic E-state index is 0.695. The molecule has 0 unspecified atom stereocenters. The number of isothiocyanates is 1. The van der Waals surface area contributed by atoms with Gasteiger partial charge in [0.1, 0.15) is 5.75 Å². The zero-order chi connectivity index (χ0) is 10.9. The van der Waals surface area contributed by atoms with Gasteiger partial charge in [-0.15, -0.1) is 0 Å². The molecule has 1 aromatic rings. The first-order valence-corrected chi connectivity index (χ1v) is 5.53. The van der Waals surface area contributed by atoms with E-state index in [9.17, 15) is 0 Å². The smallest absolute Gasteiger partial charge is 0.119 e. The molecule has 0 aliphatic heterocycles. The summed E-state index contributed by atoms with van der Waals surface area (Å²) in [6.45, 7) is 3.56. The first-order valence-electron chi connectivity index (χ1n) is 5.12. The van der Waals surface area contributed by atoms with Crippen LogP contribution in [-0.4, -0.2) is 18.3 Å². The summed E-state index contributed by atoms with van der Waals surface area (Å²) in [7, 11) is 0. The Balaban J connectivity index is 2.53. The first kappa shape index (κ1) is 11.9. The van der Waals surface area contributed by atoms with Gasteiger partial charge in [0.05, 0.1) is 18.3 Å². The van der Waals surface area contributed by atoms with Gasteiger partial charge in [-0.3, -0.25) is 0 Å². The molecule has 0 saturated heterocycles. The monoisotopic (exact) mass is 221 g/mol. The zero-order valence-corrected chi connectivity index (χ0v) is 9.72. The standard InChI is InChI=1S/C12H15NOS/c1-2-8-14-12-5-3-4-11(9-12)6-7-13-10-15/h3-5,9H,2,6-8H2,1H3. The van der Waals surface area contributed by atoms with Crippen LogP contribution >= 0.6 is 12.2 Å². The lowest BCUT2D eigenvalue weighted by Gasteiger charge is -2.05. The Labute approximate surface area is 96.0 Å². The lowest BCUT2D eigenvalue weighted by atomic mass is 10.1. The molecule has 0 aliphatic rings. The van der Waals surface area contributed by atoms with Crippen molar-refractivity contribution in [2.45, 2.75) is 19.8 Å². The van der Waals surface area contributed by atoms with E-state index in [1.807, 2.05) is 12.1 Å². The average Bonchev–Trinajstić information content (AvgIpc) is 2.27. The van der Waals surface area contributed by atoms with E-state index in [0.717, 1.165) is 25.2 Å². The van der Waals surface area contributed by atoms with Crippen molar-refractivity contribution in [2.75, 3.05) is 13.2 Å². The second-order valence-corrected chi connectivity index (χ2v) is 3.40. The average molecular weight is 221 g/mol. The molecule has 0 N–H and O–H groups in total. The maximum atomic E-state index is 5.54. The predicted molar refractivity (Wildman–Crippen MR) is 65.8 cm³/mol. The largest absolute Gasteiger partial charge is 0.494 e. The highest BCUT2D eigenvalue weighted by molar-refractivity contribution is 7.78. The van der Waals surface area contributed by atoms with Gasteiger partial charge in [-0.05, 0) is 42.8 Å². The Morgan fingerprint density at radius 1 is 1.47 bits per heavy atom. The third-order valence-corrected chi connectivity index (χ3v) is 2.08. The first-order chi connectivity index (χ1) is 7.36. The normalized spacial score (nSPS) is 9.40. The number of hydrogen-bond donors (Lipinski definition) is 0. The lowest BCUT2D eigenvalue weighted by molar-refractivity contribution is 0.317. The summed E-state index contributed by atoms with van der Waals surface area (Å²) >= 11 is 4.51. The van der Waals surface area contributed by atoms with Crippen LogP contribution in [0, 0.1) is 0 Å². The van der Waals surface area contributed by atoms with E-state index in [1.54, 1.807) is 0 Å². The van der Waals surface area contributed by atoms with Gasteiger partial charge in [-0.2, -0.15) is 0 Å². The van der Waals surface area contributed by atoms with Crippen LogP contribution in [-0.2, 0) is 6.42 Å². The fraction of sp³-hybridized carbons (Fsp3) is 0.417. The fourth-order valence-electron chi connectivity index (χ4n) is 1.24. The van der Waals surface area contributed by atoms with E-state index in [0.29, 0.717) is 6.54 Å². The van der Waals surface area contributed by atoms with Gasteiger partial charge in [0.2, 0.25) is 0 Å². The van der Waals surface area contributed by atoms with Crippen LogP contribution in [0.3, 0.4) is 0 Å². The summed E-state index contributed by atoms with van der Waals surface area (Å²) in [5.74, 6) is 0.931. The molecule has 80 valence electrons. The van der Waals surface area contributed by atoms with Crippen molar-refractivity contribution in [1.82, 2.24) is 0 Å². The quantitative estimate of drug-likeness (QED) is 0.544. The van der Waals surface area contributed by atoms with Gasteiger partial charge in [-0.1, -0.05) is 19.1 Å². The van der Waals surface area contributed by atoms with Gasteiger partial charge in [-0.25, -0.2) is 4.99 Å². The van der Waals surface area contributed by atoms with E-state index in [2.05, 4.69) is 41.4 Å². The Morgan fingerprint density at radius 3 is 3.07 bits per heavy atom. The zero-order valence-electron chi connectivity index (χ0n) is 8.90. The van der Waals surface area contributed by atoms with Crippen LogP contribution in [0.1, 0.15) is 18.9 Å². The molecule has 0 amide bonds. The molecule has 15 heavy (non-hydrogen) atoms. The molecule has 2 nitrogen and oxygen atoms in total. The molecular weight excluding hydrogens is 206 g/mol. The SMILES string of the molecule is CCCOc1cccc(CCN=C=S)c1. The van der Waals surface area contributed by atoms with Crippen LogP contribution in [0.25, 0.3) is 0 Å². The van der Waals surface area contributed by atoms with Crippen molar-refractivity contribution < 1.29 is 4.74 Å². The number of thiocarbonyl (C=S) groups is 1. The molecule has 0 aromatic heterocycles. The van der Waals surface area contributed by atoms with E-state index < -0.39 is 0 Å².